The molecule has 0 spiro atoms. The second-order valence-electron chi connectivity index (χ2n) is 2.47. The van der Waals surface area contributed by atoms with E-state index < -0.39 is 6.04 Å². The molecule has 1 unspecified atom stereocenters. The van der Waals surface area contributed by atoms with Crippen molar-refractivity contribution in [1.82, 2.24) is 4.90 Å². The largest absolute Gasteiger partial charge is 2.00 e. The summed E-state index contributed by atoms with van der Waals surface area (Å²) < 4.78 is 4.51. The van der Waals surface area contributed by atoms with Gasteiger partial charge in [0.25, 0.3) is 0 Å². The number of carbonyl (C=O) groups excluding carboxylic acids is 2. The van der Waals surface area contributed by atoms with E-state index in [1.54, 1.807) is 6.41 Å². The van der Waals surface area contributed by atoms with Gasteiger partial charge in [0.05, 0.1) is 13.2 Å². The van der Waals surface area contributed by atoms with Gasteiger partial charge in [-0.25, -0.2) is 4.79 Å². The van der Waals surface area contributed by atoms with E-state index in [0.29, 0.717) is 13.0 Å². The van der Waals surface area contributed by atoms with Gasteiger partial charge < -0.3 is 21.9 Å². The Bertz CT molecular complexity index is 175. The van der Waals surface area contributed by atoms with Crippen LogP contribution in [0, 0.1) is 7.43 Å². The van der Waals surface area contributed by atoms with Crippen LogP contribution in [0.4, 0.5) is 0 Å². The molecule has 1 rings (SSSR count). The molecule has 1 aliphatic rings. The molecule has 1 radical (unpaired) electrons. The smallest absolute Gasteiger partial charge is 0.520 e. The van der Waals surface area contributed by atoms with Crippen molar-refractivity contribution >= 4 is 12.4 Å². The molecule has 1 saturated heterocycles. The molecule has 1 atom stereocenters. The van der Waals surface area contributed by atoms with Gasteiger partial charge in [0.15, 0.2) is 0 Å². The van der Waals surface area contributed by atoms with Crippen LogP contribution < -0.4 is 0 Å². The molecule has 4 nitrogen and oxygen atoms in total. The van der Waals surface area contributed by atoms with Crippen molar-refractivity contribution in [3.8, 4) is 0 Å². The standard InChI is InChI=1S/C7H10NO3.CH3.V/c1-11-7(10)6-3-2-4-8(6)5-9;;/h6H,2-4H2,1H3;1H3;/q2*-1;+2. The maximum absolute atomic E-state index is 10.9. The SMILES string of the molecule is COC(=O)C1CCCN1[C-]=O.[CH3-].[V+2]. The van der Waals surface area contributed by atoms with Crippen molar-refractivity contribution in [3.63, 3.8) is 0 Å². The Hall–Kier alpha value is -0.476. The van der Waals surface area contributed by atoms with Gasteiger partial charge in [0.2, 0.25) is 0 Å². The molecule has 0 bridgehead atoms. The maximum Gasteiger partial charge on any atom is 2.00 e. The summed E-state index contributed by atoms with van der Waals surface area (Å²) in [6, 6.07) is -0.391. The summed E-state index contributed by atoms with van der Waals surface area (Å²) in [7, 11) is 1.32. The van der Waals surface area contributed by atoms with Crippen LogP contribution in [0.25, 0.3) is 0 Å². The normalized spacial score (nSPS) is 19.8. The summed E-state index contributed by atoms with van der Waals surface area (Å²) in [5, 5.41) is 0. The minimum absolute atomic E-state index is 0. The van der Waals surface area contributed by atoms with Gasteiger partial charge in [-0.2, -0.15) is 6.41 Å². The van der Waals surface area contributed by atoms with Crippen LogP contribution in [0.1, 0.15) is 12.8 Å². The summed E-state index contributed by atoms with van der Waals surface area (Å²) in [5.41, 5.74) is 0. The summed E-state index contributed by atoms with van der Waals surface area (Å²) in [4.78, 5) is 22.5. The molecule has 0 aromatic heterocycles. The molecule has 0 aromatic rings. The number of methoxy groups -OCH3 is 1. The Morgan fingerprint density at radius 3 is 2.69 bits per heavy atom. The average molecular weight is 222 g/mol. The van der Waals surface area contributed by atoms with Gasteiger partial charge in [0.1, 0.15) is 0 Å². The average Bonchev–Trinajstić information content (AvgIpc) is 2.50. The van der Waals surface area contributed by atoms with Crippen molar-refractivity contribution in [1.29, 1.82) is 0 Å². The molecule has 1 amide bonds. The predicted octanol–water partition coefficient (Wildman–Crippen LogP) is 0.139. The third-order valence-corrected chi connectivity index (χ3v) is 1.84. The van der Waals surface area contributed by atoms with Crippen LogP contribution in [0.2, 0.25) is 0 Å². The molecule has 0 saturated carbocycles. The first-order valence-electron chi connectivity index (χ1n) is 3.52. The van der Waals surface area contributed by atoms with Gasteiger partial charge in [-0.15, -0.1) is 0 Å². The van der Waals surface area contributed by atoms with Gasteiger partial charge in [-0.05, 0) is 19.4 Å². The fourth-order valence-electron chi connectivity index (χ4n) is 1.26. The third kappa shape index (κ3) is 3.40. The summed E-state index contributed by atoms with van der Waals surface area (Å²) >= 11 is 0. The van der Waals surface area contributed by atoms with Gasteiger partial charge >= 0.3 is 24.5 Å². The molecule has 5 heteroatoms. The Morgan fingerprint density at radius 2 is 2.23 bits per heavy atom. The number of hydrogen-bond donors (Lipinski definition) is 0. The maximum atomic E-state index is 10.9. The second kappa shape index (κ2) is 6.98. The van der Waals surface area contributed by atoms with E-state index in [2.05, 4.69) is 4.74 Å². The summed E-state index contributed by atoms with van der Waals surface area (Å²) in [6.45, 7) is 0.614. The van der Waals surface area contributed by atoms with Crippen LogP contribution in [0.5, 0.6) is 0 Å². The number of carbonyl (C=O) groups is 1. The molecule has 1 aliphatic heterocycles. The van der Waals surface area contributed by atoms with Crippen molar-refractivity contribution in [3.05, 3.63) is 7.43 Å². The predicted molar refractivity (Wildman–Crippen MR) is 43.9 cm³/mol. The minimum atomic E-state index is -0.391. The zero-order valence-corrected chi connectivity index (χ0v) is 9.21. The number of esters is 1. The zero-order chi connectivity index (χ0) is 8.27. The van der Waals surface area contributed by atoms with E-state index in [-0.39, 0.29) is 32.0 Å². The third-order valence-electron chi connectivity index (χ3n) is 1.84. The Morgan fingerprint density at radius 1 is 1.62 bits per heavy atom. The van der Waals surface area contributed by atoms with Crippen LogP contribution in [-0.4, -0.2) is 37.0 Å². The molecule has 0 N–H and O–H groups in total. The summed E-state index contributed by atoms with van der Waals surface area (Å²) in [6.07, 6.45) is 3.26. The van der Waals surface area contributed by atoms with E-state index in [1.165, 1.54) is 12.0 Å². The van der Waals surface area contributed by atoms with E-state index in [4.69, 9.17) is 0 Å². The molecule has 73 valence electrons. The molecule has 1 heterocycles. The molecule has 13 heavy (non-hydrogen) atoms. The molecule has 1 fully saturated rings. The fraction of sp³-hybridized carbons (Fsp3) is 0.625. The van der Waals surface area contributed by atoms with Crippen LogP contribution in [0.15, 0.2) is 0 Å². The summed E-state index contributed by atoms with van der Waals surface area (Å²) in [5.74, 6) is -0.342. The van der Waals surface area contributed by atoms with Crippen LogP contribution in [-0.2, 0) is 32.9 Å². The Kier molecular flexibility index (Phi) is 8.06. The first-order chi connectivity index (χ1) is 5.29. The van der Waals surface area contributed by atoms with Crippen molar-refractivity contribution in [2.24, 2.45) is 0 Å². The first kappa shape index (κ1) is 15.0. The van der Waals surface area contributed by atoms with E-state index in [9.17, 15) is 9.59 Å². The van der Waals surface area contributed by atoms with E-state index in [0.717, 1.165) is 6.42 Å². The van der Waals surface area contributed by atoms with Crippen LogP contribution in [0.3, 0.4) is 0 Å². The van der Waals surface area contributed by atoms with Crippen LogP contribution >= 0.6 is 0 Å². The fourth-order valence-corrected chi connectivity index (χ4v) is 1.26. The minimum Gasteiger partial charge on any atom is -0.520 e. The van der Waals surface area contributed by atoms with Crippen molar-refractivity contribution < 1.29 is 32.9 Å². The number of nitrogens with zero attached hydrogens (tertiary/aromatic N) is 1. The number of ether oxygens (including phenoxy) is 1. The number of amides is 1. The Labute approximate surface area is 90.5 Å². The topological polar surface area (TPSA) is 46.6 Å². The molecule has 0 aromatic carbocycles. The number of likely N-dealkylation sites (tertiary alicyclic amines) is 1. The first-order valence-corrected chi connectivity index (χ1v) is 3.52. The van der Waals surface area contributed by atoms with Crippen molar-refractivity contribution in [2.75, 3.05) is 13.7 Å². The molecule has 0 aliphatic carbocycles. The Balaban J connectivity index is 0. The molecular formula is C8H13NO3V. The van der Waals surface area contributed by atoms with E-state index in [1.807, 2.05) is 0 Å². The molecular weight excluding hydrogens is 209 g/mol. The second-order valence-corrected chi connectivity index (χ2v) is 2.47. The number of rotatable bonds is 2. The monoisotopic (exact) mass is 222 g/mol. The quantitative estimate of drug-likeness (QED) is 0.493. The van der Waals surface area contributed by atoms with Crippen molar-refractivity contribution in [2.45, 2.75) is 18.9 Å². The van der Waals surface area contributed by atoms with Gasteiger partial charge in [0, 0.05) is 0 Å². The van der Waals surface area contributed by atoms with Gasteiger partial charge in [-0.3, -0.25) is 0 Å². The zero-order valence-electron chi connectivity index (χ0n) is 7.82. The van der Waals surface area contributed by atoms with Gasteiger partial charge in [-0.1, -0.05) is 0 Å². The number of hydrogen-bond acceptors (Lipinski definition) is 3. The van der Waals surface area contributed by atoms with E-state index >= 15 is 0 Å².